The highest BCUT2D eigenvalue weighted by Gasteiger charge is 2.23. The first-order valence-electron chi connectivity index (χ1n) is 19.7. The van der Waals surface area contributed by atoms with Crippen molar-refractivity contribution in [1.29, 1.82) is 0 Å². The highest BCUT2D eigenvalue weighted by Crippen LogP contribution is 2.48. The minimum atomic E-state index is -0.447. The molecular weight excluding hydrogens is 585 g/mol. The summed E-state index contributed by atoms with van der Waals surface area (Å²) in [7, 11) is 0. The predicted octanol–water partition coefficient (Wildman–Crippen LogP) is 13.3. The van der Waals surface area contributed by atoms with Gasteiger partial charge in [-0.1, -0.05) is 145 Å². The number of hydrogen-bond donors (Lipinski definition) is 0. The van der Waals surface area contributed by atoms with Crippen molar-refractivity contribution in [3.63, 3.8) is 0 Å². The Balaban J connectivity index is 1.38. The average Bonchev–Trinajstić information content (AvgIpc) is 3.82. The van der Waals surface area contributed by atoms with Crippen molar-refractivity contribution in [2.24, 2.45) is 0 Å². The van der Waals surface area contributed by atoms with Gasteiger partial charge in [-0.25, -0.2) is 0 Å². The number of benzene rings is 8. The molecule has 10 rings (SSSR count). The summed E-state index contributed by atoms with van der Waals surface area (Å²) in [6, 6.07) is 35.2. The van der Waals surface area contributed by atoms with E-state index < -0.39 is 24.2 Å². The fourth-order valence-corrected chi connectivity index (χ4v) is 7.06. The summed E-state index contributed by atoms with van der Waals surface area (Å²) >= 11 is 0. The van der Waals surface area contributed by atoms with E-state index in [9.17, 15) is 5.48 Å². The van der Waals surface area contributed by atoms with Gasteiger partial charge in [0.15, 0.2) is 0 Å². The molecule has 0 fully saturated rings. The van der Waals surface area contributed by atoms with E-state index in [2.05, 4.69) is 0 Å². The lowest BCUT2D eigenvalue weighted by molar-refractivity contribution is 0.634. The van der Waals surface area contributed by atoms with E-state index in [4.69, 9.17) is 14.3 Å². The van der Waals surface area contributed by atoms with Crippen LogP contribution in [0.4, 0.5) is 0 Å². The predicted molar refractivity (Wildman–Crippen MR) is 200 cm³/mol. The van der Waals surface area contributed by atoms with Crippen LogP contribution >= 0.6 is 0 Å². The molecule has 0 saturated carbocycles. The second-order valence-electron chi connectivity index (χ2n) is 11.8. The van der Waals surface area contributed by atoms with Crippen LogP contribution in [0.3, 0.4) is 0 Å². The molecule has 0 amide bonds. The van der Waals surface area contributed by atoms with Gasteiger partial charge in [-0.05, 0) is 73.6 Å². The largest absolute Gasteiger partial charge is 0.456 e. The van der Waals surface area contributed by atoms with Crippen LogP contribution in [0.15, 0.2) is 179 Å². The van der Waals surface area contributed by atoms with Gasteiger partial charge < -0.3 is 8.83 Å². The van der Waals surface area contributed by atoms with Gasteiger partial charge >= 0.3 is 0 Å². The summed E-state index contributed by atoms with van der Waals surface area (Å²) in [6.07, 6.45) is 0. The molecule has 2 heterocycles. The van der Waals surface area contributed by atoms with E-state index in [0.29, 0.717) is 50.0 Å². The molecule has 224 valence electrons. The molecule has 0 spiro atoms. The molecule has 8 aromatic carbocycles. The maximum Gasteiger partial charge on any atom is 0.147 e. The number of hydrogen-bond acceptors (Lipinski definition) is 2. The second kappa shape index (κ2) is 10.6. The topological polar surface area (TPSA) is 26.3 Å². The molecule has 0 radical (unpaired) electrons. The van der Waals surface area contributed by atoms with Gasteiger partial charge in [0.05, 0.1) is 16.4 Å². The zero-order valence-corrected chi connectivity index (χ0v) is 25.4. The molecular formula is C46H28O2. The maximum atomic E-state index is 9.32. The molecule has 48 heavy (non-hydrogen) atoms. The Hall–Kier alpha value is -6.38. The van der Waals surface area contributed by atoms with Crippen molar-refractivity contribution < 1.29 is 19.8 Å². The quantitative estimate of drug-likeness (QED) is 0.183. The third-order valence-electron chi connectivity index (χ3n) is 9.11. The van der Waals surface area contributed by atoms with Gasteiger partial charge in [-0.3, -0.25) is 0 Å². The molecule has 0 aliphatic rings. The van der Waals surface area contributed by atoms with E-state index in [1.54, 1.807) is 36.4 Å². The summed E-state index contributed by atoms with van der Waals surface area (Å²) in [6.45, 7) is 0. The van der Waals surface area contributed by atoms with E-state index in [1.807, 2.05) is 84.9 Å². The molecule has 2 aromatic heterocycles. The Morgan fingerprint density at radius 3 is 1.46 bits per heavy atom. The Kier molecular flexibility index (Phi) is 4.41. The van der Waals surface area contributed by atoms with Gasteiger partial charge in [-0.2, -0.15) is 0 Å². The normalized spacial score (nSPS) is 14.1. The monoisotopic (exact) mass is 620 g/mol. The lowest BCUT2D eigenvalue weighted by Crippen LogP contribution is -1.90. The van der Waals surface area contributed by atoms with Gasteiger partial charge in [-0.15, -0.1) is 0 Å². The number of fused-ring (bicyclic) bond motifs is 7. The Morgan fingerprint density at radius 1 is 0.375 bits per heavy atom. The Bertz CT molecular complexity index is 3180. The molecule has 0 atom stereocenters. The summed E-state index contributed by atoms with van der Waals surface area (Å²) in [5.74, 6) is 0.699. The van der Waals surface area contributed by atoms with Crippen molar-refractivity contribution in [3.8, 4) is 44.7 Å². The van der Waals surface area contributed by atoms with Crippen LogP contribution in [-0.4, -0.2) is 0 Å². The third kappa shape index (κ3) is 4.00. The van der Waals surface area contributed by atoms with E-state index in [-0.39, 0.29) is 51.3 Å². The summed E-state index contributed by atoms with van der Waals surface area (Å²) in [4.78, 5) is 0. The summed E-state index contributed by atoms with van der Waals surface area (Å²) < 4.78 is 85.3. The summed E-state index contributed by atoms with van der Waals surface area (Å²) in [5.41, 5.74) is 6.18. The molecule has 0 aliphatic carbocycles. The molecule has 0 unspecified atom stereocenters. The SMILES string of the molecule is [2H]c1c([2H])c([2H])c2c(-c3ccc4oc5ccc6c(-c7ccccc7)c(-c7ccccc7)oc6c5c4c3)c3c([2H])c([2H])c([2H])c([2H])c3c(-c3ccccc3)c2c1[2H]. The van der Waals surface area contributed by atoms with Gasteiger partial charge in [0, 0.05) is 21.9 Å². The minimum absolute atomic E-state index is 0.153. The zero-order valence-electron chi connectivity index (χ0n) is 33.4. The van der Waals surface area contributed by atoms with Crippen LogP contribution in [0.1, 0.15) is 11.0 Å². The van der Waals surface area contributed by atoms with Gasteiger partial charge in [0.2, 0.25) is 0 Å². The highest BCUT2D eigenvalue weighted by molar-refractivity contribution is 6.24. The second-order valence-corrected chi connectivity index (χ2v) is 11.8. The van der Waals surface area contributed by atoms with E-state index in [1.165, 1.54) is 0 Å². The lowest BCUT2D eigenvalue weighted by Gasteiger charge is -2.17. The molecule has 0 saturated heterocycles. The van der Waals surface area contributed by atoms with Gasteiger partial charge in [0.25, 0.3) is 0 Å². The first-order chi connectivity index (χ1) is 27.2. The zero-order chi connectivity index (χ0) is 38.6. The molecule has 2 heteroatoms. The minimum Gasteiger partial charge on any atom is -0.456 e. The number of rotatable bonds is 4. The van der Waals surface area contributed by atoms with E-state index in [0.717, 1.165) is 22.1 Å². The smallest absolute Gasteiger partial charge is 0.147 e. The Labute approximate surface area is 288 Å². The van der Waals surface area contributed by atoms with E-state index >= 15 is 0 Å². The van der Waals surface area contributed by atoms with Crippen LogP contribution in [0.25, 0.3) is 99.2 Å². The lowest BCUT2D eigenvalue weighted by atomic mass is 9.86. The molecule has 0 N–H and O–H groups in total. The van der Waals surface area contributed by atoms with Gasteiger partial charge in [0.1, 0.15) is 22.5 Å². The first-order valence-corrected chi connectivity index (χ1v) is 15.7. The van der Waals surface area contributed by atoms with Crippen LogP contribution in [0.2, 0.25) is 0 Å². The van der Waals surface area contributed by atoms with Crippen LogP contribution < -0.4 is 0 Å². The standard InChI is InChI=1S/C46H28O2/c1-4-14-29(15-5-1)41-33-20-10-12-22-35(33)42(36-23-13-11-21-34(36)41)32-24-26-39-38(28-32)44-40(47-39)27-25-37-43(30-16-6-2-7-17-30)45(48-46(37)44)31-18-8-3-9-19-31/h1-28H/i10D,11D,12D,13D,20D,21D,22D,23D. The van der Waals surface area contributed by atoms with Crippen molar-refractivity contribution in [1.82, 2.24) is 0 Å². The molecule has 10 aromatic rings. The van der Waals surface area contributed by atoms with Crippen molar-refractivity contribution in [3.05, 3.63) is 170 Å². The van der Waals surface area contributed by atoms with Crippen LogP contribution in [0, 0.1) is 0 Å². The summed E-state index contributed by atoms with van der Waals surface area (Å²) in [5, 5.41) is 2.90. The third-order valence-corrected chi connectivity index (χ3v) is 9.11. The van der Waals surface area contributed by atoms with Crippen LogP contribution in [0.5, 0.6) is 0 Å². The molecule has 0 aliphatic heterocycles. The highest BCUT2D eigenvalue weighted by atomic mass is 16.3. The molecule has 2 nitrogen and oxygen atoms in total. The first kappa shape index (κ1) is 20.0. The fraction of sp³-hybridized carbons (Fsp3) is 0. The van der Waals surface area contributed by atoms with Crippen molar-refractivity contribution in [2.45, 2.75) is 0 Å². The average molecular weight is 621 g/mol. The van der Waals surface area contributed by atoms with Crippen LogP contribution in [-0.2, 0) is 0 Å². The van der Waals surface area contributed by atoms with Crippen molar-refractivity contribution >= 4 is 54.5 Å². The Morgan fingerprint density at radius 2 is 0.875 bits per heavy atom. The molecule has 0 bridgehead atoms. The van der Waals surface area contributed by atoms with Crippen molar-refractivity contribution in [2.75, 3.05) is 0 Å². The fourth-order valence-electron chi connectivity index (χ4n) is 7.06. The number of furan rings is 2. The maximum absolute atomic E-state index is 9.32.